The Morgan fingerprint density at radius 1 is 1.04 bits per heavy atom. The first-order valence-electron chi connectivity index (χ1n) is 7.79. The van der Waals surface area contributed by atoms with E-state index in [4.69, 9.17) is 23.2 Å². The first-order valence-corrected chi connectivity index (χ1v) is 8.54. The van der Waals surface area contributed by atoms with Gasteiger partial charge in [0.05, 0.1) is 0 Å². The molecule has 4 nitrogen and oxygen atoms in total. The number of halogens is 2. The molecule has 0 aliphatic heterocycles. The van der Waals surface area contributed by atoms with Crippen LogP contribution in [0.1, 0.15) is 40.5 Å². The summed E-state index contributed by atoms with van der Waals surface area (Å²) in [5.41, 5.74) is -0.690. The van der Waals surface area contributed by atoms with Crippen molar-refractivity contribution in [3.63, 3.8) is 0 Å². The van der Waals surface area contributed by atoms with E-state index < -0.39 is 5.41 Å². The number of hydrogen-bond acceptors (Lipinski definition) is 2. The van der Waals surface area contributed by atoms with Crippen molar-refractivity contribution in [2.24, 2.45) is 5.41 Å². The minimum Gasteiger partial charge on any atom is -0.342 e. The van der Waals surface area contributed by atoms with E-state index in [1.807, 2.05) is 13.8 Å². The second-order valence-electron chi connectivity index (χ2n) is 6.03. The highest BCUT2D eigenvalue weighted by Gasteiger charge is 2.38. The van der Waals surface area contributed by atoms with E-state index >= 15 is 0 Å². The Morgan fingerprint density at radius 2 is 1.52 bits per heavy atom. The summed E-state index contributed by atoms with van der Waals surface area (Å²) in [5.74, 6) is -0.551. The van der Waals surface area contributed by atoms with Crippen LogP contribution in [0.15, 0.2) is 18.2 Å². The molecule has 0 aromatic heterocycles. The summed E-state index contributed by atoms with van der Waals surface area (Å²) in [6.45, 7) is 8.58. The Hall–Kier alpha value is -1.26. The van der Waals surface area contributed by atoms with Crippen LogP contribution in [-0.2, 0) is 9.59 Å². The first kappa shape index (κ1) is 19.8. The first-order chi connectivity index (χ1) is 10.7. The molecule has 6 heteroatoms. The van der Waals surface area contributed by atoms with Gasteiger partial charge in [-0.1, -0.05) is 37.0 Å². The van der Waals surface area contributed by atoms with Crippen molar-refractivity contribution < 1.29 is 9.59 Å². The number of nitrogens with one attached hydrogen (secondary N) is 1. The minimum atomic E-state index is -1.17. The molecular weight excluding hydrogens is 335 g/mol. The molecule has 1 aromatic rings. The van der Waals surface area contributed by atoms with Crippen LogP contribution in [0.2, 0.25) is 10.0 Å². The molecule has 23 heavy (non-hydrogen) atoms. The topological polar surface area (TPSA) is 49.4 Å². The van der Waals surface area contributed by atoms with E-state index in [9.17, 15) is 9.59 Å². The molecular formula is C17H24Cl2N2O2. The number of anilines is 1. The van der Waals surface area contributed by atoms with Gasteiger partial charge < -0.3 is 10.2 Å². The van der Waals surface area contributed by atoms with Crippen molar-refractivity contribution in [3.8, 4) is 0 Å². The maximum Gasteiger partial charge on any atom is 0.239 e. The largest absolute Gasteiger partial charge is 0.342 e. The van der Waals surface area contributed by atoms with Gasteiger partial charge in [0.15, 0.2) is 0 Å². The smallest absolute Gasteiger partial charge is 0.239 e. The third-order valence-corrected chi connectivity index (χ3v) is 3.93. The van der Waals surface area contributed by atoms with Crippen LogP contribution in [0.3, 0.4) is 0 Å². The van der Waals surface area contributed by atoms with Crippen molar-refractivity contribution in [3.05, 3.63) is 28.2 Å². The number of carbonyl (C=O) groups is 2. The third-order valence-electron chi connectivity index (χ3n) is 3.50. The lowest BCUT2D eigenvalue weighted by molar-refractivity contribution is -0.146. The molecule has 0 aliphatic carbocycles. The molecule has 2 amide bonds. The van der Waals surface area contributed by atoms with E-state index in [0.29, 0.717) is 28.8 Å². The number of amides is 2. The van der Waals surface area contributed by atoms with Crippen LogP contribution < -0.4 is 5.32 Å². The average Bonchev–Trinajstić information content (AvgIpc) is 2.45. The standard InChI is InChI=1S/C17H24Cl2N2O2/c1-5-7-21(8-6-2)16(23)17(3,4)15(22)20-14-10-12(18)9-13(19)11-14/h9-11H,5-8H2,1-4H3,(H,20,22). The molecule has 1 N–H and O–H groups in total. The quantitative estimate of drug-likeness (QED) is 0.723. The maximum atomic E-state index is 12.7. The number of rotatable bonds is 7. The number of hydrogen-bond donors (Lipinski definition) is 1. The van der Waals surface area contributed by atoms with E-state index in [2.05, 4.69) is 5.32 Å². The van der Waals surface area contributed by atoms with Crippen LogP contribution >= 0.6 is 23.2 Å². The Balaban J connectivity index is 2.92. The zero-order valence-electron chi connectivity index (χ0n) is 14.1. The van der Waals surface area contributed by atoms with Crippen LogP contribution in [-0.4, -0.2) is 29.8 Å². The molecule has 1 aromatic carbocycles. The second-order valence-corrected chi connectivity index (χ2v) is 6.90. The molecule has 0 spiro atoms. The Morgan fingerprint density at radius 3 is 1.96 bits per heavy atom. The molecule has 0 bridgehead atoms. The van der Waals surface area contributed by atoms with Crippen LogP contribution in [0, 0.1) is 5.41 Å². The normalized spacial score (nSPS) is 11.2. The monoisotopic (exact) mass is 358 g/mol. The summed E-state index contributed by atoms with van der Waals surface area (Å²) >= 11 is 11.9. The van der Waals surface area contributed by atoms with Crippen molar-refractivity contribution in [1.29, 1.82) is 0 Å². The highest BCUT2D eigenvalue weighted by atomic mass is 35.5. The predicted octanol–water partition coefficient (Wildman–Crippen LogP) is 4.61. The van der Waals surface area contributed by atoms with Gasteiger partial charge in [-0.25, -0.2) is 0 Å². The molecule has 0 fully saturated rings. The van der Waals surface area contributed by atoms with Gasteiger partial charge in [0, 0.05) is 28.8 Å². The summed E-state index contributed by atoms with van der Waals surface area (Å²) in [7, 11) is 0. The average molecular weight is 359 g/mol. The highest BCUT2D eigenvalue weighted by molar-refractivity contribution is 6.35. The van der Waals surface area contributed by atoms with Crippen LogP contribution in [0.25, 0.3) is 0 Å². The van der Waals surface area contributed by atoms with Gasteiger partial charge in [-0.15, -0.1) is 0 Å². The lowest BCUT2D eigenvalue weighted by Crippen LogP contribution is -2.47. The number of nitrogens with zero attached hydrogens (tertiary/aromatic N) is 1. The van der Waals surface area contributed by atoms with Crippen molar-refractivity contribution in [2.45, 2.75) is 40.5 Å². The van der Waals surface area contributed by atoms with Gasteiger partial charge in [-0.05, 0) is 44.9 Å². The maximum absolute atomic E-state index is 12.7. The van der Waals surface area contributed by atoms with Crippen molar-refractivity contribution in [1.82, 2.24) is 4.90 Å². The van der Waals surface area contributed by atoms with Gasteiger partial charge in [0.25, 0.3) is 0 Å². The second kappa shape index (κ2) is 8.55. The van der Waals surface area contributed by atoms with Gasteiger partial charge in [-0.3, -0.25) is 9.59 Å². The Labute approximate surface area is 148 Å². The van der Waals surface area contributed by atoms with Gasteiger partial charge in [0.1, 0.15) is 5.41 Å². The zero-order chi connectivity index (χ0) is 17.6. The van der Waals surface area contributed by atoms with Crippen LogP contribution in [0.4, 0.5) is 5.69 Å². The lowest BCUT2D eigenvalue weighted by atomic mass is 9.90. The summed E-state index contributed by atoms with van der Waals surface area (Å²) in [6.07, 6.45) is 1.71. The fourth-order valence-corrected chi connectivity index (χ4v) is 2.79. The summed E-state index contributed by atoms with van der Waals surface area (Å²) < 4.78 is 0. The summed E-state index contributed by atoms with van der Waals surface area (Å²) in [4.78, 5) is 27.0. The number of carbonyl (C=O) groups excluding carboxylic acids is 2. The highest BCUT2D eigenvalue weighted by Crippen LogP contribution is 2.26. The van der Waals surface area contributed by atoms with Gasteiger partial charge >= 0.3 is 0 Å². The molecule has 0 saturated carbocycles. The summed E-state index contributed by atoms with van der Waals surface area (Å²) in [6, 6.07) is 4.78. The molecule has 0 unspecified atom stereocenters. The Bertz CT molecular complexity index is 547. The van der Waals surface area contributed by atoms with E-state index in [1.165, 1.54) is 0 Å². The molecule has 0 atom stereocenters. The molecule has 0 aliphatic rings. The molecule has 0 heterocycles. The van der Waals surface area contributed by atoms with Gasteiger partial charge in [-0.2, -0.15) is 0 Å². The third kappa shape index (κ3) is 5.40. The van der Waals surface area contributed by atoms with Crippen molar-refractivity contribution in [2.75, 3.05) is 18.4 Å². The number of benzene rings is 1. The van der Waals surface area contributed by atoms with Crippen molar-refractivity contribution >= 4 is 40.7 Å². The fraction of sp³-hybridized carbons (Fsp3) is 0.529. The summed E-state index contributed by atoms with van der Waals surface area (Å²) in [5, 5.41) is 3.58. The fourth-order valence-electron chi connectivity index (χ4n) is 2.26. The lowest BCUT2D eigenvalue weighted by Gasteiger charge is -2.30. The van der Waals surface area contributed by atoms with E-state index in [1.54, 1.807) is 36.9 Å². The molecule has 1 rings (SSSR count). The molecule has 0 saturated heterocycles. The molecule has 128 valence electrons. The minimum absolute atomic E-state index is 0.174. The molecule has 0 radical (unpaired) electrons. The SMILES string of the molecule is CCCN(CCC)C(=O)C(C)(C)C(=O)Nc1cc(Cl)cc(Cl)c1. The predicted molar refractivity (Wildman–Crippen MR) is 96.0 cm³/mol. The van der Waals surface area contributed by atoms with Gasteiger partial charge in [0.2, 0.25) is 11.8 Å². The zero-order valence-corrected chi connectivity index (χ0v) is 15.6. The van der Waals surface area contributed by atoms with E-state index in [-0.39, 0.29) is 11.8 Å². The van der Waals surface area contributed by atoms with E-state index in [0.717, 1.165) is 12.8 Å². The van der Waals surface area contributed by atoms with Crippen LogP contribution in [0.5, 0.6) is 0 Å². The Kier molecular flexibility index (Phi) is 7.36.